The van der Waals surface area contributed by atoms with Crippen molar-refractivity contribution < 1.29 is 9.53 Å². The van der Waals surface area contributed by atoms with E-state index in [1.807, 2.05) is 0 Å². The first-order chi connectivity index (χ1) is 14.2. The van der Waals surface area contributed by atoms with Gasteiger partial charge in [-0.3, -0.25) is 4.79 Å². The van der Waals surface area contributed by atoms with Crippen molar-refractivity contribution in [2.45, 2.75) is 68.7 Å². The number of carbonyl (C=O) groups is 1. The SMILES string of the molecule is COC1CCC(C(=O)N2CCC[C@H]2c2nnc(SCCN3CCCC3)n2C)CC1. The van der Waals surface area contributed by atoms with E-state index in [1.54, 1.807) is 18.9 Å². The number of methoxy groups -OCH3 is 1. The minimum atomic E-state index is 0.0769. The highest BCUT2D eigenvalue weighted by Crippen LogP contribution is 2.36. The van der Waals surface area contributed by atoms with E-state index in [1.165, 1.54) is 25.9 Å². The Bertz CT molecular complexity index is 683. The number of hydrogen-bond acceptors (Lipinski definition) is 6. The first-order valence-corrected chi connectivity index (χ1v) is 12.2. The molecule has 1 atom stereocenters. The summed E-state index contributed by atoms with van der Waals surface area (Å²) < 4.78 is 7.58. The van der Waals surface area contributed by atoms with E-state index < -0.39 is 0 Å². The number of thioether (sulfide) groups is 1. The summed E-state index contributed by atoms with van der Waals surface area (Å²) in [5.41, 5.74) is 0. The maximum absolute atomic E-state index is 13.2. The molecule has 1 aromatic rings. The van der Waals surface area contributed by atoms with Crippen molar-refractivity contribution in [3.8, 4) is 0 Å². The van der Waals surface area contributed by atoms with Crippen LogP contribution in [0.4, 0.5) is 0 Å². The van der Waals surface area contributed by atoms with Crippen molar-refractivity contribution >= 4 is 17.7 Å². The Labute approximate surface area is 178 Å². The van der Waals surface area contributed by atoms with Gasteiger partial charge in [0, 0.05) is 38.9 Å². The van der Waals surface area contributed by atoms with Gasteiger partial charge in [-0.1, -0.05) is 11.8 Å². The number of nitrogens with zero attached hydrogens (tertiary/aromatic N) is 5. The zero-order valence-corrected chi connectivity index (χ0v) is 18.7. The number of carbonyl (C=O) groups excluding carboxylic acids is 1. The molecule has 29 heavy (non-hydrogen) atoms. The Hall–Kier alpha value is -1.12. The fourth-order valence-corrected chi connectivity index (χ4v) is 6.01. The van der Waals surface area contributed by atoms with Gasteiger partial charge in [0.25, 0.3) is 0 Å². The van der Waals surface area contributed by atoms with Gasteiger partial charge in [0.2, 0.25) is 5.91 Å². The summed E-state index contributed by atoms with van der Waals surface area (Å²) >= 11 is 1.78. The van der Waals surface area contributed by atoms with Crippen molar-refractivity contribution in [2.75, 3.05) is 39.0 Å². The molecule has 3 heterocycles. The highest BCUT2D eigenvalue weighted by molar-refractivity contribution is 7.99. The fraction of sp³-hybridized carbons (Fsp3) is 0.857. The quantitative estimate of drug-likeness (QED) is 0.631. The summed E-state index contributed by atoms with van der Waals surface area (Å²) in [7, 11) is 3.83. The molecule has 1 aromatic heterocycles. The maximum Gasteiger partial charge on any atom is 0.226 e. The Kier molecular flexibility index (Phi) is 7.13. The van der Waals surface area contributed by atoms with Crippen molar-refractivity contribution in [2.24, 2.45) is 13.0 Å². The normalized spacial score (nSPS) is 28.3. The summed E-state index contributed by atoms with van der Waals surface area (Å²) in [4.78, 5) is 17.8. The molecule has 4 rings (SSSR count). The fourth-order valence-electron chi connectivity index (χ4n) is 5.09. The third kappa shape index (κ3) is 4.80. The molecular weight excluding hydrogens is 386 g/mol. The van der Waals surface area contributed by atoms with Gasteiger partial charge in [0.1, 0.15) is 0 Å². The molecule has 1 amide bonds. The molecule has 0 bridgehead atoms. The zero-order chi connectivity index (χ0) is 20.2. The van der Waals surface area contributed by atoms with Crippen LogP contribution in [0.3, 0.4) is 0 Å². The number of aromatic nitrogens is 3. The van der Waals surface area contributed by atoms with E-state index in [9.17, 15) is 4.79 Å². The van der Waals surface area contributed by atoms with Crippen LogP contribution in [0.25, 0.3) is 0 Å². The van der Waals surface area contributed by atoms with Gasteiger partial charge in [-0.2, -0.15) is 0 Å². The van der Waals surface area contributed by atoms with Crippen LogP contribution < -0.4 is 0 Å². The van der Waals surface area contributed by atoms with E-state index in [2.05, 4.69) is 31.6 Å². The summed E-state index contributed by atoms with van der Waals surface area (Å²) in [5.74, 6) is 2.45. The molecule has 0 unspecified atom stereocenters. The summed E-state index contributed by atoms with van der Waals surface area (Å²) in [6.45, 7) is 4.43. The summed E-state index contributed by atoms with van der Waals surface area (Å²) in [5, 5.41) is 9.94. The van der Waals surface area contributed by atoms with Crippen LogP contribution in [-0.2, 0) is 16.6 Å². The number of hydrogen-bond donors (Lipinski definition) is 0. The van der Waals surface area contributed by atoms with E-state index in [-0.39, 0.29) is 12.0 Å². The molecule has 0 aromatic carbocycles. The lowest BCUT2D eigenvalue weighted by Crippen LogP contribution is -2.38. The predicted molar refractivity (Wildman–Crippen MR) is 114 cm³/mol. The zero-order valence-electron chi connectivity index (χ0n) is 17.9. The summed E-state index contributed by atoms with van der Waals surface area (Å²) in [6.07, 6.45) is 8.90. The topological polar surface area (TPSA) is 63.5 Å². The molecule has 0 N–H and O–H groups in total. The van der Waals surface area contributed by atoms with Crippen molar-refractivity contribution in [3.63, 3.8) is 0 Å². The molecule has 3 fully saturated rings. The Morgan fingerprint density at radius 3 is 2.55 bits per heavy atom. The van der Waals surface area contributed by atoms with E-state index in [0.29, 0.717) is 12.0 Å². The van der Waals surface area contributed by atoms with Crippen LogP contribution in [0.1, 0.15) is 63.2 Å². The van der Waals surface area contributed by atoms with Gasteiger partial charge in [0.15, 0.2) is 11.0 Å². The van der Waals surface area contributed by atoms with Crippen LogP contribution in [-0.4, -0.2) is 75.6 Å². The molecule has 2 saturated heterocycles. The summed E-state index contributed by atoms with van der Waals surface area (Å²) in [6, 6.07) is 0.0769. The second kappa shape index (κ2) is 9.79. The first-order valence-electron chi connectivity index (χ1n) is 11.2. The molecule has 162 valence electrons. The number of amides is 1. The average Bonchev–Trinajstić information content (AvgIpc) is 3.50. The lowest BCUT2D eigenvalue weighted by atomic mass is 9.86. The molecule has 3 aliphatic rings. The van der Waals surface area contributed by atoms with Crippen LogP contribution in [0.5, 0.6) is 0 Å². The predicted octanol–water partition coefficient (Wildman–Crippen LogP) is 2.87. The van der Waals surface area contributed by atoms with Gasteiger partial charge in [-0.15, -0.1) is 10.2 Å². The molecule has 1 aliphatic carbocycles. The number of ether oxygens (including phenoxy) is 1. The highest BCUT2D eigenvalue weighted by Gasteiger charge is 2.38. The highest BCUT2D eigenvalue weighted by atomic mass is 32.2. The smallest absolute Gasteiger partial charge is 0.226 e. The second-order valence-corrected chi connectivity index (χ2v) is 9.76. The van der Waals surface area contributed by atoms with Crippen LogP contribution in [0, 0.1) is 5.92 Å². The molecule has 1 saturated carbocycles. The Morgan fingerprint density at radius 1 is 1.07 bits per heavy atom. The number of rotatable bonds is 7. The third-order valence-corrected chi connectivity index (χ3v) is 7.90. The lowest BCUT2D eigenvalue weighted by Gasteiger charge is -2.32. The second-order valence-electron chi connectivity index (χ2n) is 8.70. The van der Waals surface area contributed by atoms with Gasteiger partial charge < -0.3 is 19.1 Å². The minimum absolute atomic E-state index is 0.0769. The van der Waals surface area contributed by atoms with Crippen LogP contribution in [0.2, 0.25) is 0 Å². The van der Waals surface area contributed by atoms with Crippen LogP contribution >= 0.6 is 11.8 Å². The van der Waals surface area contributed by atoms with Crippen molar-refractivity contribution in [1.82, 2.24) is 24.6 Å². The first kappa shape index (κ1) is 21.1. The maximum atomic E-state index is 13.2. The lowest BCUT2D eigenvalue weighted by molar-refractivity contribution is -0.138. The van der Waals surface area contributed by atoms with E-state index in [0.717, 1.165) is 68.3 Å². The van der Waals surface area contributed by atoms with Crippen LogP contribution in [0.15, 0.2) is 5.16 Å². The standard InChI is InChI=1S/C21H35N5O2S/c1-24-19(22-23-21(24)29-15-14-25-11-3-4-12-25)18-6-5-13-26(18)20(27)16-7-9-17(28-2)10-8-16/h16-18H,3-15H2,1-2H3/t16?,17?,18-/m0/s1. The molecular formula is C21H35N5O2S. The molecule has 0 radical (unpaired) electrons. The van der Waals surface area contributed by atoms with E-state index >= 15 is 0 Å². The Morgan fingerprint density at radius 2 is 1.83 bits per heavy atom. The Balaban J connectivity index is 1.35. The number of likely N-dealkylation sites (tertiary alicyclic amines) is 2. The van der Waals surface area contributed by atoms with Crippen molar-refractivity contribution in [1.29, 1.82) is 0 Å². The van der Waals surface area contributed by atoms with Gasteiger partial charge >= 0.3 is 0 Å². The minimum Gasteiger partial charge on any atom is -0.381 e. The molecule has 8 heteroatoms. The molecule has 0 spiro atoms. The van der Waals surface area contributed by atoms with Crippen molar-refractivity contribution in [3.05, 3.63) is 5.82 Å². The van der Waals surface area contributed by atoms with Gasteiger partial charge in [-0.25, -0.2) is 0 Å². The third-order valence-electron chi connectivity index (χ3n) is 6.90. The van der Waals surface area contributed by atoms with Gasteiger partial charge in [0.05, 0.1) is 12.1 Å². The molecule has 7 nitrogen and oxygen atoms in total. The monoisotopic (exact) mass is 421 g/mol. The largest absolute Gasteiger partial charge is 0.381 e. The average molecular weight is 422 g/mol. The molecule has 2 aliphatic heterocycles. The van der Waals surface area contributed by atoms with Gasteiger partial charge in [-0.05, 0) is 64.5 Å². The van der Waals surface area contributed by atoms with E-state index in [4.69, 9.17) is 4.74 Å².